The van der Waals surface area contributed by atoms with Crippen molar-refractivity contribution >= 4 is 10.0 Å². The van der Waals surface area contributed by atoms with Crippen LogP contribution in [0.5, 0.6) is 0 Å². The van der Waals surface area contributed by atoms with Crippen LogP contribution in [0, 0.1) is 18.6 Å². The average Bonchev–Trinajstić information content (AvgIpc) is 2.86. The molecule has 0 saturated carbocycles. The summed E-state index contributed by atoms with van der Waals surface area (Å²) in [6, 6.07) is 24.4. The summed E-state index contributed by atoms with van der Waals surface area (Å²) in [5, 5.41) is 0. The molecule has 7 heteroatoms. The number of nitrogens with zero attached hydrogens (tertiary/aromatic N) is 1. The number of aryl methyl sites for hydroxylation is 1. The molecule has 4 aromatic rings. The zero-order valence-corrected chi connectivity index (χ0v) is 20.9. The van der Waals surface area contributed by atoms with Crippen LogP contribution < -0.4 is 0 Å². The Bertz CT molecular complexity index is 1420. The number of sulfonamides is 1. The molecular formula is C29H27F2NO3S. The second kappa shape index (κ2) is 11.1. The van der Waals surface area contributed by atoms with Crippen LogP contribution in [0.2, 0.25) is 0 Å². The van der Waals surface area contributed by atoms with E-state index in [1.807, 2.05) is 25.1 Å². The van der Waals surface area contributed by atoms with Gasteiger partial charge in [-0.2, -0.15) is 4.31 Å². The van der Waals surface area contributed by atoms with Crippen molar-refractivity contribution in [1.82, 2.24) is 4.31 Å². The fourth-order valence-electron chi connectivity index (χ4n) is 4.00. The van der Waals surface area contributed by atoms with Crippen molar-refractivity contribution in [3.05, 3.63) is 125 Å². The summed E-state index contributed by atoms with van der Waals surface area (Å²) >= 11 is 0. The molecule has 0 aliphatic heterocycles. The predicted octanol–water partition coefficient (Wildman–Crippen LogP) is 6.48. The smallest absolute Gasteiger partial charge is 0.243 e. The minimum Gasteiger partial charge on any atom is -0.380 e. The summed E-state index contributed by atoms with van der Waals surface area (Å²) in [5.74, 6) is -0.718. The zero-order valence-electron chi connectivity index (χ0n) is 20.1. The monoisotopic (exact) mass is 507 g/mol. The molecule has 0 spiro atoms. The number of halogens is 2. The Morgan fingerprint density at radius 1 is 0.694 bits per heavy atom. The summed E-state index contributed by atoms with van der Waals surface area (Å²) in [7, 11) is -2.28. The van der Waals surface area contributed by atoms with Crippen LogP contribution in [0.4, 0.5) is 8.78 Å². The van der Waals surface area contributed by atoms with Gasteiger partial charge in [0.15, 0.2) is 0 Å². The molecule has 4 rings (SSSR count). The molecule has 36 heavy (non-hydrogen) atoms. The number of rotatable bonds is 9. The molecule has 186 valence electrons. The summed E-state index contributed by atoms with van der Waals surface area (Å²) in [4.78, 5) is 0.182. The first-order valence-electron chi connectivity index (χ1n) is 11.4. The van der Waals surface area contributed by atoms with Gasteiger partial charge >= 0.3 is 0 Å². The van der Waals surface area contributed by atoms with Crippen molar-refractivity contribution in [2.24, 2.45) is 0 Å². The Labute approximate surface area is 210 Å². The lowest BCUT2D eigenvalue weighted by atomic mass is 9.99. The first kappa shape index (κ1) is 25.7. The zero-order chi connectivity index (χ0) is 25.7. The number of ether oxygens (including phenoxy) is 1. The van der Waals surface area contributed by atoms with Gasteiger partial charge in [0.25, 0.3) is 0 Å². The Morgan fingerprint density at radius 3 is 1.86 bits per heavy atom. The molecule has 0 saturated heterocycles. The molecule has 0 aromatic heterocycles. The SMILES string of the molecule is COCc1cc(CN(Cc2ccc(F)cc2)S(=O)(=O)c2ccc(C)cc2)cc(-c2ccc(F)cc2)c1. The molecule has 4 nitrogen and oxygen atoms in total. The van der Waals surface area contributed by atoms with E-state index < -0.39 is 10.0 Å². The molecule has 0 aliphatic rings. The molecule has 0 N–H and O–H groups in total. The Balaban J connectivity index is 1.75. The summed E-state index contributed by atoms with van der Waals surface area (Å²) in [6.45, 7) is 2.38. The van der Waals surface area contributed by atoms with Gasteiger partial charge in [-0.15, -0.1) is 0 Å². The first-order chi connectivity index (χ1) is 17.2. The highest BCUT2D eigenvalue weighted by atomic mass is 32.2. The molecule has 0 unspecified atom stereocenters. The summed E-state index contributed by atoms with van der Waals surface area (Å²) in [6.07, 6.45) is 0. The second-order valence-electron chi connectivity index (χ2n) is 8.69. The normalized spacial score (nSPS) is 11.7. The maximum Gasteiger partial charge on any atom is 0.243 e. The molecule has 0 amide bonds. The molecule has 0 bridgehead atoms. The van der Waals surface area contributed by atoms with Gasteiger partial charge in [-0.3, -0.25) is 0 Å². The second-order valence-corrected chi connectivity index (χ2v) is 10.6. The van der Waals surface area contributed by atoms with Crippen LogP contribution >= 0.6 is 0 Å². The van der Waals surface area contributed by atoms with E-state index in [1.54, 1.807) is 55.6 Å². The quantitative estimate of drug-likeness (QED) is 0.261. The lowest BCUT2D eigenvalue weighted by Gasteiger charge is -2.23. The van der Waals surface area contributed by atoms with Gasteiger partial charge in [0.1, 0.15) is 11.6 Å². The largest absolute Gasteiger partial charge is 0.380 e. The number of methoxy groups -OCH3 is 1. The van der Waals surface area contributed by atoms with Gasteiger partial charge in [0.2, 0.25) is 10.0 Å². The summed E-state index contributed by atoms with van der Waals surface area (Å²) < 4.78 is 61.1. The highest BCUT2D eigenvalue weighted by Gasteiger charge is 2.25. The van der Waals surface area contributed by atoms with E-state index in [-0.39, 0.29) is 29.6 Å². The Morgan fingerprint density at radius 2 is 1.25 bits per heavy atom. The fraction of sp³-hybridized carbons (Fsp3) is 0.172. The molecule has 0 radical (unpaired) electrons. The molecule has 0 fully saturated rings. The van der Waals surface area contributed by atoms with Crippen LogP contribution in [0.15, 0.2) is 95.9 Å². The van der Waals surface area contributed by atoms with Crippen LogP contribution in [0.1, 0.15) is 22.3 Å². The van der Waals surface area contributed by atoms with Gasteiger partial charge in [-0.05, 0) is 83.3 Å². The molecule has 0 aliphatic carbocycles. The van der Waals surface area contributed by atoms with Crippen LogP contribution in [-0.2, 0) is 34.5 Å². The number of hydrogen-bond donors (Lipinski definition) is 0. The van der Waals surface area contributed by atoms with Crippen LogP contribution in [0.3, 0.4) is 0 Å². The van der Waals surface area contributed by atoms with Crippen molar-refractivity contribution in [2.75, 3.05) is 7.11 Å². The van der Waals surface area contributed by atoms with Crippen molar-refractivity contribution in [1.29, 1.82) is 0 Å². The molecule has 0 atom stereocenters. The van der Waals surface area contributed by atoms with Gasteiger partial charge in [0.05, 0.1) is 11.5 Å². The molecule has 0 heterocycles. The van der Waals surface area contributed by atoms with E-state index in [0.717, 1.165) is 27.8 Å². The van der Waals surface area contributed by atoms with E-state index in [1.165, 1.54) is 28.6 Å². The van der Waals surface area contributed by atoms with E-state index >= 15 is 0 Å². The molecule has 4 aromatic carbocycles. The minimum atomic E-state index is -3.87. The predicted molar refractivity (Wildman–Crippen MR) is 137 cm³/mol. The summed E-state index contributed by atoms with van der Waals surface area (Å²) in [5.41, 5.74) is 4.87. The third-order valence-corrected chi connectivity index (χ3v) is 7.64. The van der Waals surface area contributed by atoms with Crippen molar-refractivity contribution < 1.29 is 21.9 Å². The standard InChI is InChI=1S/C29H27F2NO3S/c1-21-3-13-29(14-4-21)36(33,34)32(18-22-5-9-27(30)10-6-22)19-23-15-24(20-35-2)17-26(16-23)25-7-11-28(31)12-8-25/h3-17H,18-20H2,1-2H3. The minimum absolute atomic E-state index is 0.0663. The van der Waals surface area contributed by atoms with E-state index in [4.69, 9.17) is 4.74 Å². The van der Waals surface area contributed by atoms with Crippen LogP contribution in [0.25, 0.3) is 11.1 Å². The molecular weight excluding hydrogens is 480 g/mol. The Kier molecular flexibility index (Phi) is 7.94. The topological polar surface area (TPSA) is 46.6 Å². The average molecular weight is 508 g/mol. The van der Waals surface area contributed by atoms with Crippen molar-refractivity contribution in [3.8, 4) is 11.1 Å². The highest BCUT2D eigenvalue weighted by Crippen LogP contribution is 2.27. The lowest BCUT2D eigenvalue weighted by Crippen LogP contribution is -2.30. The van der Waals surface area contributed by atoms with Gasteiger partial charge in [-0.25, -0.2) is 17.2 Å². The maximum atomic E-state index is 13.7. The number of hydrogen-bond acceptors (Lipinski definition) is 3. The third kappa shape index (κ3) is 6.23. The van der Waals surface area contributed by atoms with Gasteiger partial charge in [-0.1, -0.05) is 48.0 Å². The lowest BCUT2D eigenvalue weighted by molar-refractivity contribution is 0.185. The maximum absolute atomic E-state index is 13.7. The third-order valence-electron chi connectivity index (χ3n) is 5.83. The van der Waals surface area contributed by atoms with Crippen LogP contribution in [-0.4, -0.2) is 19.8 Å². The van der Waals surface area contributed by atoms with Gasteiger partial charge in [0, 0.05) is 20.2 Å². The van der Waals surface area contributed by atoms with Crippen molar-refractivity contribution in [2.45, 2.75) is 31.5 Å². The first-order valence-corrected chi connectivity index (χ1v) is 12.9. The fourth-order valence-corrected chi connectivity index (χ4v) is 5.41. The van der Waals surface area contributed by atoms with E-state index in [9.17, 15) is 17.2 Å². The highest BCUT2D eigenvalue weighted by molar-refractivity contribution is 7.89. The van der Waals surface area contributed by atoms with E-state index in [0.29, 0.717) is 12.2 Å². The van der Waals surface area contributed by atoms with Gasteiger partial charge < -0.3 is 4.74 Å². The van der Waals surface area contributed by atoms with E-state index in [2.05, 4.69) is 0 Å². The number of benzene rings is 4. The van der Waals surface area contributed by atoms with Crippen molar-refractivity contribution in [3.63, 3.8) is 0 Å². The Hall–Kier alpha value is -3.39.